The van der Waals surface area contributed by atoms with Gasteiger partial charge >= 0.3 is 12.3 Å². The zero-order chi connectivity index (χ0) is 29.4. The second-order valence-electron chi connectivity index (χ2n) is 11.4. The molecule has 0 radical (unpaired) electrons. The highest BCUT2D eigenvalue weighted by atomic mass is 19.4. The van der Waals surface area contributed by atoms with Crippen molar-refractivity contribution < 1.29 is 27.5 Å². The van der Waals surface area contributed by atoms with Crippen LogP contribution in [0.15, 0.2) is 24.3 Å². The lowest BCUT2D eigenvalue weighted by molar-refractivity contribution is -0.137. The normalized spacial score (nSPS) is 20.7. The number of benzene rings is 1. The van der Waals surface area contributed by atoms with Crippen molar-refractivity contribution in [3.63, 3.8) is 0 Å². The average molecular weight is 589 g/mol. The first-order chi connectivity index (χ1) is 20.2. The summed E-state index contributed by atoms with van der Waals surface area (Å²) < 4.78 is 47.3. The summed E-state index contributed by atoms with van der Waals surface area (Å²) in [5.41, 5.74) is 3.64. The van der Waals surface area contributed by atoms with Gasteiger partial charge in [0, 0.05) is 32.8 Å². The molecule has 42 heavy (non-hydrogen) atoms. The van der Waals surface area contributed by atoms with Gasteiger partial charge in [-0.25, -0.2) is 14.8 Å². The summed E-state index contributed by atoms with van der Waals surface area (Å²) in [6, 6.07) is 5.29. The number of carbonyl (C=O) groups is 1. The number of carbonyl (C=O) groups excluding carboxylic acids is 1. The molecule has 1 unspecified atom stereocenters. The number of aromatic nitrogens is 4. The monoisotopic (exact) mass is 588 g/mol. The van der Waals surface area contributed by atoms with Gasteiger partial charge in [0.1, 0.15) is 5.52 Å². The van der Waals surface area contributed by atoms with Gasteiger partial charge in [-0.1, -0.05) is 18.6 Å². The van der Waals surface area contributed by atoms with E-state index < -0.39 is 24.0 Å². The number of hydrogen-bond acceptors (Lipinski definition) is 9. The second-order valence-corrected chi connectivity index (χ2v) is 11.4. The molecule has 14 heteroatoms. The predicted molar refractivity (Wildman–Crippen MR) is 149 cm³/mol. The molecule has 2 atom stereocenters. The highest BCUT2D eigenvalue weighted by Gasteiger charge is 2.32. The van der Waals surface area contributed by atoms with Crippen molar-refractivity contribution >= 4 is 29.0 Å². The SMILES string of the molecule is C[C@@H](Nc1nc(C2NOC(=O)N2)nc2nc(N(C)CC3CCOCC3)n(Cc3ccc(C(F)(F)F)cc3)c12)C1CCC1. The van der Waals surface area contributed by atoms with Crippen LogP contribution in [0.3, 0.4) is 0 Å². The van der Waals surface area contributed by atoms with Gasteiger partial charge in [0.15, 0.2) is 23.5 Å². The Morgan fingerprint density at radius 2 is 1.86 bits per heavy atom. The lowest BCUT2D eigenvalue weighted by Gasteiger charge is -2.32. The van der Waals surface area contributed by atoms with Crippen molar-refractivity contribution in [3.8, 4) is 0 Å². The maximum absolute atomic E-state index is 13.3. The fourth-order valence-corrected chi connectivity index (χ4v) is 5.77. The number of rotatable bonds is 9. The number of imidazole rings is 1. The van der Waals surface area contributed by atoms with Crippen LogP contribution in [-0.4, -0.2) is 58.5 Å². The van der Waals surface area contributed by atoms with Crippen LogP contribution in [0, 0.1) is 11.8 Å². The van der Waals surface area contributed by atoms with Gasteiger partial charge in [-0.05, 0) is 62.1 Å². The number of nitrogens with one attached hydrogen (secondary N) is 3. The average Bonchev–Trinajstić information content (AvgIpc) is 3.52. The van der Waals surface area contributed by atoms with E-state index in [4.69, 9.17) is 24.5 Å². The molecule has 3 fully saturated rings. The molecule has 11 nitrogen and oxygen atoms in total. The lowest BCUT2D eigenvalue weighted by Crippen LogP contribution is -2.32. The molecule has 2 saturated heterocycles. The summed E-state index contributed by atoms with van der Waals surface area (Å²) in [6.07, 6.45) is -0.514. The smallest absolute Gasteiger partial charge is 0.381 e. The summed E-state index contributed by atoms with van der Waals surface area (Å²) in [5, 5.41) is 6.22. The summed E-state index contributed by atoms with van der Waals surface area (Å²) >= 11 is 0. The van der Waals surface area contributed by atoms with Crippen LogP contribution in [0.25, 0.3) is 11.2 Å². The Kier molecular flexibility index (Phi) is 7.83. The molecule has 2 aliphatic heterocycles. The van der Waals surface area contributed by atoms with Crippen LogP contribution in [0.2, 0.25) is 0 Å². The predicted octanol–water partition coefficient (Wildman–Crippen LogP) is 4.60. The highest BCUT2D eigenvalue weighted by Crippen LogP contribution is 2.35. The van der Waals surface area contributed by atoms with Gasteiger partial charge in [0.25, 0.3) is 0 Å². The van der Waals surface area contributed by atoms with Gasteiger partial charge in [0.05, 0.1) is 12.1 Å². The summed E-state index contributed by atoms with van der Waals surface area (Å²) in [7, 11) is 1.96. The first kappa shape index (κ1) is 28.5. The molecule has 4 heterocycles. The number of hydrogen-bond donors (Lipinski definition) is 3. The van der Waals surface area contributed by atoms with Gasteiger partial charge < -0.3 is 24.4 Å². The van der Waals surface area contributed by atoms with E-state index in [0.29, 0.717) is 53.5 Å². The first-order valence-electron chi connectivity index (χ1n) is 14.4. The van der Waals surface area contributed by atoms with E-state index >= 15 is 0 Å². The Balaban J connectivity index is 1.43. The van der Waals surface area contributed by atoms with Crippen molar-refractivity contribution in [2.24, 2.45) is 11.8 Å². The number of hydroxylamine groups is 1. The third-order valence-corrected chi connectivity index (χ3v) is 8.45. The quantitative estimate of drug-likeness (QED) is 0.330. The standard InChI is InChI=1S/C28H35F3N8O3/c1-16(19-4-3-5-19)32-22-21-23(34-24(33-22)25-36-27(40)42-37-25)35-26(38(2)14-18-10-12-41-13-11-18)39(21)15-17-6-8-20(9-7-17)28(29,30)31/h6-9,16,18-19,25,37H,3-5,10-15H2,1-2H3,(H,36,40)(H,32,33,34)/t16-,25?/m1/s1. The van der Waals surface area contributed by atoms with Crippen molar-refractivity contribution in [2.45, 2.75) is 64.0 Å². The lowest BCUT2D eigenvalue weighted by atomic mass is 9.80. The molecule has 1 aromatic carbocycles. The minimum atomic E-state index is -4.41. The van der Waals surface area contributed by atoms with Crippen LogP contribution in [0.4, 0.5) is 29.7 Å². The number of ether oxygens (including phenoxy) is 1. The van der Waals surface area contributed by atoms with E-state index in [1.807, 2.05) is 11.6 Å². The molecule has 1 amide bonds. The molecule has 0 bridgehead atoms. The number of anilines is 2. The Bertz CT molecular complexity index is 1420. The molecule has 3 N–H and O–H groups in total. The molecular formula is C28H35F3N8O3. The minimum absolute atomic E-state index is 0.116. The van der Waals surface area contributed by atoms with E-state index in [1.165, 1.54) is 18.6 Å². The summed E-state index contributed by atoms with van der Waals surface area (Å²) in [6.45, 7) is 4.54. The maximum Gasteiger partial charge on any atom is 0.427 e. The fraction of sp³-hybridized carbons (Fsp3) is 0.571. The van der Waals surface area contributed by atoms with Crippen molar-refractivity contribution in [3.05, 3.63) is 41.2 Å². The third kappa shape index (κ3) is 5.95. The highest BCUT2D eigenvalue weighted by molar-refractivity contribution is 5.86. The van der Waals surface area contributed by atoms with Gasteiger partial charge in [-0.2, -0.15) is 18.2 Å². The fourth-order valence-electron chi connectivity index (χ4n) is 5.77. The Hall–Kier alpha value is -3.65. The first-order valence-corrected chi connectivity index (χ1v) is 14.4. The van der Waals surface area contributed by atoms with Gasteiger partial charge in [-0.15, -0.1) is 5.48 Å². The topological polar surface area (TPSA) is 118 Å². The van der Waals surface area contributed by atoms with Crippen molar-refractivity contribution in [1.82, 2.24) is 30.3 Å². The Labute approximate surface area is 241 Å². The minimum Gasteiger partial charge on any atom is -0.381 e. The number of amides is 1. The van der Waals surface area contributed by atoms with Crippen LogP contribution in [-0.2, 0) is 22.3 Å². The molecule has 3 aromatic rings. The van der Waals surface area contributed by atoms with E-state index in [0.717, 1.165) is 44.4 Å². The van der Waals surface area contributed by atoms with Crippen LogP contribution in [0.1, 0.15) is 62.1 Å². The van der Waals surface area contributed by atoms with Crippen LogP contribution in [0.5, 0.6) is 0 Å². The zero-order valence-corrected chi connectivity index (χ0v) is 23.6. The molecule has 226 valence electrons. The summed E-state index contributed by atoms with van der Waals surface area (Å²) in [4.78, 5) is 33.1. The third-order valence-electron chi connectivity index (χ3n) is 8.45. The van der Waals surface area contributed by atoms with Crippen molar-refractivity contribution in [1.29, 1.82) is 0 Å². The summed E-state index contributed by atoms with van der Waals surface area (Å²) in [5.74, 6) is 2.36. The number of nitrogens with zero attached hydrogens (tertiary/aromatic N) is 5. The van der Waals surface area contributed by atoms with E-state index in [-0.39, 0.29) is 18.4 Å². The Morgan fingerprint density at radius 1 is 1.12 bits per heavy atom. The molecule has 1 aliphatic carbocycles. The molecule has 1 saturated carbocycles. The zero-order valence-electron chi connectivity index (χ0n) is 23.6. The Morgan fingerprint density at radius 3 is 2.48 bits per heavy atom. The van der Waals surface area contributed by atoms with E-state index in [9.17, 15) is 18.0 Å². The largest absolute Gasteiger partial charge is 0.427 e. The van der Waals surface area contributed by atoms with Crippen LogP contribution < -0.4 is 21.0 Å². The molecule has 3 aliphatic rings. The van der Waals surface area contributed by atoms with Crippen molar-refractivity contribution in [2.75, 3.05) is 37.0 Å². The van der Waals surface area contributed by atoms with Gasteiger partial charge in [0.2, 0.25) is 5.95 Å². The molecular weight excluding hydrogens is 553 g/mol. The van der Waals surface area contributed by atoms with E-state index in [1.54, 1.807) is 0 Å². The number of alkyl halides is 3. The van der Waals surface area contributed by atoms with E-state index in [2.05, 4.69) is 27.9 Å². The van der Waals surface area contributed by atoms with Crippen LogP contribution >= 0.6 is 0 Å². The number of halogens is 3. The molecule has 2 aromatic heterocycles. The molecule has 0 spiro atoms. The van der Waals surface area contributed by atoms with Gasteiger partial charge in [-0.3, -0.25) is 5.32 Å². The maximum atomic E-state index is 13.3. The number of fused-ring (bicyclic) bond motifs is 1. The second kappa shape index (κ2) is 11.6. The molecule has 6 rings (SSSR count).